The van der Waals surface area contributed by atoms with Crippen LogP contribution in [0.4, 0.5) is 4.39 Å². The molecular weight excluding hydrogens is 267 g/mol. The van der Waals surface area contributed by atoms with Crippen LogP contribution in [0.5, 0.6) is 11.5 Å². The lowest BCUT2D eigenvalue weighted by molar-refractivity contribution is 0.173. The molecule has 0 radical (unpaired) electrons. The number of benzene rings is 1. The molecule has 15 heavy (non-hydrogen) atoms. The summed E-state index contributed by atoms with van der Waals surface area (Å²) in [5.74, 6) is 0.629. The number of halogens is 2. The van der Waals surface area contributed by atoms with Crippen molar-refractivity contribution in [3.8, 4) is 11.5 Å². The van der Waals surface area contributed by atoms with Crippen molar-refractivity contribution in [1.82, 2.24) is 0 Å². The maximum atomic E-state index is 13.7. The van der Waals surface area contributed by atoms with Crippen LogP contribution in [0.2, 0.25) is 0 Å². The van der Waals surface area contributed by atoms with Gasteiger partial charge >= 0.3 is 0 Å². The highest BCUT2D eigenvalue weighted by atomic mass is 79.9. The Balaban J connectivity index is 2.36. The van der Waals surface area contributed by atoms with Gasteiger partial charge in [-0.15, -0.1) is 0 Å². The molecule has 0 saturated heterocycles. The first kappa shape index (κ1) is 10.7. The van der Waals surface area contributed by atoms with Crippen LogP contribution in [0.25, 0.3) is 0 Å². The van der Waals surface area contributed by atoms with Crippen LogP contribution in [-0.4, -0.2) is 18.5 Å². The quantitative estimate of drug-likeness (QED) is 0.920. The molecule has 0 unspecified atom stereocenters. The zero-order chi connectivity index (χ0) is 10.8. The minimum atomic E-state index is -0.340. The summed E-state index contributed by atoms with van der Waals surface area (Å²) in [6.45, 7) is 0.169. The van der Waals surface area contributed by atoms with E-state index >= 15 is 0 Å². The van der Waals surface area contributed by atoms with Crippen molar-refractivity contribution in [2.75, 3.05) is 13.4 Å². The Bertz CT molecular complexity index is 381. The van der Waals surface area contributed by atoms with Gasteiger partial charge in [0.1, 0.15) is 5.82 Å². The van der Waals surface area contributed by atoms with Crippen molar-refractivity contribution in [2.24, 2.45) is 0 Å². The second kappa shape index (κ2) is 4.37. The summed E-state index contributed by atoms with van der Waals surface area (Å²) in [7, 11) is 0. The fourth-order valence-electron chi connectivity index (χ4n) is 1.48. The van der Waals surface area contributed by atoms with E-state index in [0.29, 0.717) is 34.4 Å². The maximum absolute atomic E-state index is 13.7. The number of hydrogen-bond acceptors (Lipinski definition) is 3. The first-order valence-corrected chi connectivity index (χ1v) is 5.40. The topological polar surface area (TPSA) is 38.7 Å². The second-order valence-electron chi connectivity index (χ2n) is 3.22. The predicted octanol–water partition coefficient (Wildman–Crippen LogP) is 2.24. The lowest BCUT2D eigenvalue weighted by atomic mass is 10.1. The van der Waals surface area contributed by atoms with E-state index < -0.39 is 0 Å². The SMILES string of the molecule is OCCCc1cc2c(c(Br)c1F)OCO2. The minimum Gasteiger partial charge on any atom is -0.454 e. The standard InChI is InChI=1S/C10H10BrFO3/c11-8-9(12)6(2-1-3-13)4-7-10(8)15-5-14-7/h4,13H,1-3,5H2. The monoisotopic (exact) mass is 276 g/mol. The average Bonchev–Trinajstić information content (AvgIpc) is 2.69. The van der Waals surface area contributed by atoms with Crippen LogP contribution in [0.1, 0.15) is 12.0 Å². The smallest absolute Gasteiger partial charge is 0.231 e. The Morgan fingerprint density at radius 2 is 2.27 bits per heavy atom. The van der Waals surface area contributed by atoms with Crippen molar-refractivity contribution in [3.63, 3.8) is 0 Å². The van der Waals surface area contributed by atoms with Gasteiger partial charge in [-0.2, -0.15) is 0 Å². The summed E-state index contributed by atoms with van der Waals surface area (Å²) >= 11 is 3.13. The van der Waals surface area contributed by atoms with Crippen molar-refractivity contribution in [1.29, 1.82) is 0 Å². The van der Waals surface area contributed by atoms with Gasteiger partial charge in [0.15, 0.2) is 11.5 Å². The number of fused-ring (bicyclic) bond motifs is 1. The number of aliphatic hydroxyl groups excluding tert-OH is 1. The molecule has 5 heteroatoms. The van der Waals surface area contributed by atoms with E-state index in [2.05, 4.69) is 15.9 Å². The Morgan fingerprint density at radius 1 is 1.47 bits per heavy atom. The normalized spacial score (nSPS) is 13.3. The summed E-state index contributed by atoms with van der Waals surface area (Å²) in [6, 6.07) is 1.62. The van der Waals surface area contributed by atoms with Gasteiger partial charge < -0.3 is 14.6 Å². The molecule has 1 aromatic carbocycles. The first-order valence-electron chi connectivity index (χ1n) is 4.61. The van der Waals surface area contributed by atoms with Gasteiger partial charge in [-0.3, -0.25) is 0 Å². The average molecular weight is 277 g/mol. The molecule has 0 fully saturated rings. The van der Waals surface area contributed by atoms with E-state index in [1.807, 2.05) is 0 Å². The Labute approximate surface area is 94.9 Å². The van der Waals surface area contributed by atoms with Crippen molar-refractivity contribution < 1.29 is 19.0 Å². The van der Waals surface area contributed by atoms with Crippen molar-refractivity contribution in [3.05, 3.63) is 21.9 Å². The molecule has 3 nitrogen and oxygen atoms in total. The van der Waals surface area contributed by atoms with Gasteiger partial charge in [-0.05, 0) is 40.4 Å². The summed E-state index contributed by atoms with van der Waals surface area (Å²) in [5.41, 5.74) is 0.528. The minimum absolute atomic E-state index is 0.0471. The van der Waals surface area contributed by atoms with E-state index in [1.165, 1.54) is 0 Å². The predicted molar refractivity (Wildman–Crippen MR) is 55.6 cm³/mol. The summed E-state index contributed by atoms with van der Waals surface area (Å²) in [6.07, 6.45) is 1.01. The van der Waals surface area contributed by atoms with Crippen LogP contribution in [0, 0.1) is 5.82 Å². The largest absolute Gasteiger partial charge is 0.454 e. The molecule has 1 heterocycles. The first-order chi connectivity index (χ1) is 7.24. The highest BCUT2D eigenvalue weighted by Gasteiger charge is 2.22. The highest BCUT2D eigenvalue weighted by molar-refractivity contribution is 9.10. The van der Waals surface area contributed by atoms with Gasteiger partial charge in [-0.25, -0.2) is 4.39 Å². The third-order valence-electron chi connectivity index (χ3n) is 2.23. The van der Waals surface area contributed by atoms with Crippen molar-refractivity contribution >= 4 is 15.9 Å². The molecule has 1 N–H and O–H groups in total. The zero-order valence-corrected chi connectivity index (χ0v) is 9.51. The number of hydrogen-bond donors (Lipinski definition) is 1. The van der Waals surface area contributed by atoms with Crippen LogP contribution in [-0.2, 0) is 6.42 Å². The number of rotatable bonds is 3. The summed E-state index contributed by atoms with van der Waals surface area (Å²) in [5, 5.41) is 8.69. The zero-order valence-electron chi connectivity index (χ0n) is 7.93. The maximum Gasteiger partial charge on any atom is 0.231 e. The fourth-order valence-corrected chi connectivity index (χ4v) is 2.05. The number of aryl methyl sites for hydroxylation is 1. The summed E-state index contributed by atoms with van der Waals surface area (Å²) < 4.78 is 24.3. The molecule has 1 aliphatic heterocycles. The van der Waals surface area contributed by atoms with Crippen LogP contribution >= 0.6 is 15.9 Å². The van der Waals surface area contributed by atoms with Gasteiger partial charge in [-0.1, -0.05) is 0 Å². The Hall–Kier alpha value is -0.810. The lowest BCUT2D eigenvalue weighted by Gasteiger charge is -2.06. The highest BCUT2D eigenvalue weighted by Crippen LogP contribution is 2.42. The molecule has 0 saturated carbocycles. The van der Waals surface area contributed by atoms with Gasteiger partial charge in [0.2, 0.25) is 6.79 Å². The van der Waals surface area contributed by atoms with E-state index in [-0.39, 0.29) is 19.2 Å². The molecule has 0 bridgehead atoms. The molecule has 0 aromatic heterocycles. The van der Waals surface area contributed by atoms with Gasteiger partial charge in [0, 0.05) is 6.61 Å². The fraction of sp³-hybridized carbons (Fsp3) is 0.400. The molecule has 1 aromatic rings. The molecular formula is C10H10BrFO3. The van der Waals surface area contributed by atoms with Crippen LogP contribution in [0.3, 0.4) is 0 Å². The van der Waals surface area contributed by atoms with Crippen LogP contribution in [0.15, 0.2) is 10.5 Å². The van der Waals surface area contributed by atoms with E-state index in [4.69, 9.17) is 14.6 Å². The Kier molecular flexibility index (Phi) is 3.11. The van der Waals surface area contributed by atoms with E-state index in [0.717, 1.165) is 0 Å². The van der Waals surface area contributed by atoms with Gasteiger partial charge in [0.05, 0.1) is 4.47 Å². The third-order valence-corrected chi connectivity index (χ3v) is 2.93. The Morgan fingerprint density at radius 3 is 3.00 bits per heavy atom. The molecule has 82 valence electrons. The lowest BCUT2D eigenvalue weighted by Crippen LogP contribution is -1.95. The molecule has 2 rings (SSSR count). The molecule has 0 spiro atoms. The van der Waals surface area contributed by atoms with E-state index in [9.17, 15) is 4.39 Å². The van der Waals surface area contributed by atoms with E-state index in [1.54, 1.807) is 6.07 Å². The third kappa shape index (κ3) is 1.94. The second-order valence-corrected chi connectivity index (χ2v) is 4.02. The molecule has 0 amide bonds. The van der Waals surface area contributed by atoms with Crippen molar-refractivity contribution in [2.45, 2.75) is 12.8 Å². The van der Waals surface area contributed by atoms with Gasteiger partial charge in [0.25, 0.3) is 0 Å². The molecule has 0 aliphatic carbocycles. The van der Waals surface area contributed by atoms with Crippen LogP contribution < -0.4 is 9.47 Å². The number of ether oxygens (including phenoxy) is 2. The summed E-state index contributed by atoms with van der Waals surface area (Å²) in [4.78, 5) is 0. The number of aliphatic hydroxyl groups is 1. The molecule has 1 aliphatic rings. The molecule has 0 atom stereocenters.